The predicted octanol–water partition coefficient (Wildman–Crippen LogP) is 2.25. The van der Waals surface area contributed by atoms with Gasteiger partial charge in [0.25, 0.3) is 0 Å². The molecule has 2 atom stereocenters. The van der Waals surface area contributed by atoms with E-state index in [0.717, 1.165) is 49.4 Å². The van der Waals surface area contributed by atoms with E-state index in [4.69, 9.17) is 15.2 Å². The maximum Gasteiger partial charge on any atom is 0.229 e. The van der Waals surface area contributed by atoms with E-state index in [2.05, 4.69) is 6.92 Å². The first-order valence-electron chi connectivity index (χ1n) is 8.42. The number of hydrogen-bond acceptors (Lipinski definition) is 4. The van der Waals surface area contributed by atoms with Gasteiger partial charge in [-0.2, -0.15) is 0 Å². The van der Waals surface area contributed by atoms with E-state index < -0.39 is 0 Å². The van der Waals surface area contributed by atoms with Gasteiger partial charge in [-0.05, 0) is 55.9 Å². The van der Waals surface area contributed by atoms with E-state index >= 15 is 0 Å². The molecule has 2 unspecified atom stereocenters. The molecule has 6 heteroatoms. The predicted molar refractivity (Wildman–Crippen MR) is 95.9 cm³/mol. The molecule has 1 aromatic carbocycles. The van der Waals surface area contributed by atoms with Crippen LogP contribution in [0.5, 0.6) is 11.5 Å². The van der Waals surface area contributed by atoms with Gasteiger partial charge in [0.05, 0.1) is 13.0 Å². The summed E-state index contributed by atoms with van der Waals surface area (Å²) in [7, 11) is 1.65. The van der Waals surface area contributed by atoms with Crippen molar-refractivity contribution in [2.45, 2.75) is 32.2 Å². The smallest absolute Gasteiger partial charge is 0.229 e. The minimum absolute atomic E-state index is 0. The van der Waals surface area contributed by atoms with Gasteiger partial charge in [0.15, 0.2) is 0 Å². The summed E-state index contributed by atoms with van der Waals surface area (Å²) in [5.41, 5.74) is 7.03. The number of ether oxygens (including phenoxy) is 2. The van der Waals surface area contributed by atoms with Crippen LogP contribution < -0.4 is 15.2 Å². The summed E-state index contributed by atoms with van der Waals surface area (Å²) in [6.45, 7) is 4.14. The lowest BCUT2D eigenvalue weighted by molar-refractivity contribution is -0.138. The zero-order valence-corrected chi connectivity index (χ0v) is 15.2. The van der Waals surface area contributed by atoms with E-state index in [1.807, 2.05) is 23.1 Å². The van der Waals surface area contributed by atoms with Gasteiger partial charge in [-0.25, -0.2) is 0 Å². The molecule has 1 fully saturated rings. The lowest BCUT2D eigenvalue weighted by atomic mass is 9.89. The molecule has 0 spiro atoms. The maximum atomic E-state index is 12.8. The second kappa shape index (κ2) is 8.08. The number of benzene rings is 1. The van der Waals surface area contributed by atoms with E-state index in [0.29, 0.717) is 12.5 Å². The average molecular weight is 355 g/mol. The van der Waals surface area contributed by atoms with Crippen molar-refractivity contribution in [1.82, 2.24) is 4.90 Å². The van der Waals surface area contributed by atoms with Gasteiger partial charge in [-0.1, -0.05) is 0 Å². The number of hydrogen-bond donors (Lipinski definition) is 1. The van der Waals surface area contributed by atoms with Crippen molar-refractivity contribution >= 4 is 18.3 Å². The number of nitrogens with zero attached hydrogens (tertiary/aromatic N) is 1. The Hall–Kier alpha value is -1.46. The number of rotatable bonds is 3. The van der Waals surface area contributed by atoms with Crippen molar-refractivity contribution in [1.29, 1.82) is 0 Å². The average Bonchev–Trinajstić information content (AvgIpc) is 2.60. The van der Waals surface area contributed by atoms with Crippen molar-refractivity contribution in [2.75, 3.05) is 26.8 Å². The Kier molecular flexibility index (Phi) is 6.35. The summed E-state index contributed by atoms with van der Waals surface area (Å²) in [5, 5.41) is 0. The highest BCUT2D eigenvalue weighted by Gasteiger charge is 2.32. The van der Waals surface area contributed by atoms with Gasteiger partial charge in [0, 0.05) is 19.1 Å². The normalized spacial score (nSPS) is 22.0. The van der Waals surface area contributed by atoms with Crippen LogP contribution in [0.15, 0.2) is 18.2 Å². The third-order valence-corrected chi connectivity index (χ3v) is 5.12. The number of likely N-dealkylation sites (tertiary alicyclic amines) is 1. The summed E-state index contributed by atoms with van der Waals surface area (Å²) in [6.07, 6.45) is 2.72. The molecule has 0 saturated carbocycles. The van der Waals surface area contributed by atoms with Crippen molar-refractivity contribution in [2.24, 2.45) is 17.6 Å². The topological polar surface area (TPSA) is 64.8 Å². The van der Waals surface area contributed by atoms with Crippen LogP contribution >= 0.6 is 12.4 Å². The first-order valence-corrected chi connectivity index (χ1v) is 8.42. The van der Waals surface area contributed by atoms with E-state index in [9.17, 15) is 4.79 Å². The van der Waals surface area contributed by atoms with Crippen LogP contribution in [0, 0.1) is 11.8 Å². The molecule has 0 aliphatic carbocycles. The molecule has 0 bridgehead atoms. The lowest BCUT2D eigenvalue weighted by Crippen LogP contribution is -2.46. The molecule has 1 saturated heterocycles. The Bertz CT molecular complexity index is 571. The van der Waals surface area contributed by atoms with Crippen LogP contribution in [0.1, 0.15) is 25.3 Å². The Labute approximate surface area is 149 Å². The van der Waals surface area contributed by atoms with E-state index in [1.165, 1.54) is 0 Å². The number of methoxy groups -OCH3 is 1. The molecule has 2 heterocycles. The molecule has 3 rings (SSSR count). The fourth-order valence-electron chi connectivity index (χ4n) is 3.56. The van der Waals surface area contributed by atoms with Crippen molar-refractivity contribution in [3.05, 3.63) is 23.8 Å². The zero-order chi connectivity index (χ0) is 16.4. The van der Waals surface area contributed by atoms with Crippen LogP contribution in [-0.2, 0) is 11.2 Å². The first kappa shape index (κ1) is 18.9. The third kappa shape index (κ3) is 3.95. The zero-order valence-electron chi connectivity index (χ0n) is 14.4. The summed E-state index contributed by atoms with van der Waals surface area (Å²) in [4.78, 5) is 14.8. The largest absolute Gasteiger partial charge is 0.497 e. The second-order valence-electron chi connectivity index (χ2n) is 6.71. The third-order valence-electron chi connectivity index (χ3n) is 5.12. The van der Waals surface area contributed by atoms with Crippen LogP contribution in [0.25, 0.3) is 0 Å². The lowest BCUT2D eigenvalue weighted by Gasteiger charge is -2.36. The summed E-state index contributed by atoms with van der Waals surface area (Å²) in [6, 6.07) is 5.99. The molecule has 2 aliphatic rings. The summed E-state index contributed by atoms with van der Waals surface area (Å²) < 4.78 is 11.0. The molecule has 2 aliphatic heterocycles. The molecule has 0 aromatic heterocycles. The van der Waals surface area contributed by atoms with E-state index in [-0.39, 0.29) is 30.3 Å². The van der Waals surface area contributed by atoms with Gasteiger partial charge in [0.2, 0.25) is 5.91 Å². The van der Waals surface area contributed by atoms with Crippen LogP contribution in [0.4, 0.5) is 0 Å². The Morgan fingerprint density at radius 1 is 1.38 bits per heavy atom. The fraction of sp³-hybridized carbons (Fsp3) is 0.611. The number of carbonyl (C=O) groups excluding carboxylic acids is 1. The van der Waals surface area contributed by atoms with Crippen molar-refractivity contribution in [3.8, 4) is 11.5 Å². The Morgan fingerprint density at radius 3 is 2.71 bits per heavy atom. The molecule has 2 N–H and O–H groups in total. The van der Waals surface area contributed by atoms with Gasteiger partial charge in [-0.15, -0.1) is 12.4 Å². The highest BCUT2D eigenvalue weighted by Crippen LogP contribution is 2.32. The quantitative estimate of drug-likeness (QED) is 0.904. The first-order chi connectivity index (χ1) is 11.1. The molecular weight excluding hydrogens is 328 g/mol. The SMILES string of the molecule is COc1ccc2c(c1)CC(C(=O)N1CCC(C(C)N)CC1)CO2.Cl. The van der Waals surface area contributed by atoms with Gasteiger partial charge >= 0.3 is 0 Å². The van der Waals surface area contributed by atoms with Gasteiger partial charge in [0.1, 0.15) is 18.1 Å². The molecule has 0 radical (unpaired) electrons. The van der Waals surface area contributed by atoms with Gasteiger partial charge in [-0.3, -0.25) is 4.79 Å². The minimum Gasteiger partial charge on any atom is -0.497 e. The van der Waals surface area contributed by atoms with Crippen LogP contribution in [0.3, 0.4) is 0 Å². The summed E-state index contributed by atoms with van der Waals surface area (Å²) in [5.74, 6) is 2.32. The monoisotopic (exact) mass is 354 g/mol. The number of nitrogens with two attached hydrogens (primary N) is 1. The standard InChI is InChI=1S/C18H26N2O3.ClH/c1-12(19)13-5-7-20(8-6-13)18(21)15-9-14-10-16(22-2)3-4-17(14)23-11-15;/h3-4,10,12-13,15H,5-9,11,19H2,1-2H3;1H. The summed E-state index contributed by atoms with van der Waals surface area (Å²) >= 11 is 0. The second-order valence-corrected chi connectivity index (χ2v) is 6.71. The van der Waals surface area contributed by atoms with Crippen molar-refractivity contribution in [3.63, 3.8) is 0 Å². The molecule has 134 valence electrons. The molecule has 24 heavy (non-hydrogen) atoms. The molecular formula is C18H27ClN2O3. The number of piperidine rings is 1. The number of carbonyl (C=O) groups is 1. The highest BCUT2D eigenvalue weighted by atomic mass is 35.5. The Balaban J connectivity index is 0.00000208. The molecule has 5 nitrogen and oxygen atoms in total. The molecule has 1 aromatic rings. The minimum atomic E-state index is -0.0959. The highest BCUT2D eigenvalue weighted by molar-refractivity contribution is 5.85. The van der Waals surface area contributed by atoms with Gasteiger partial charge < -0.3 is 20.1 Å². The van der Waals surface area contributed by atoms with Crippen molar-refractivity contribution < 1.29 is 14.3 Å². The molecule has 1 amide bonds. The number of halogens is 1. The number of fused-ring (bicyclic) bond motifs is 1. The maximum absolute atomic E-state index is 12.8. The van der Waals surface area contributed by atoms with Crippen LogP contribution in [0.2, 0.25) is 0 Å². The fourth-order valence-corrected chi connectivity index (χ4v) is 3.56. The Morgan fingerprint density at radius 2 is 2.08 bits per heavy atom. The van der Waals surface area contributed by atoms with E-state index in [1.54, 1.807) is 7.11 Å². The van der Waals surface area contributed by atoms with Crippen LogP contribution in [-0.4, -0.2) is 43.7 Å². The number of amides is 1.